The minimum Gasteiger partial charge on any atom is -0.347 e. The maximum atomic E-state index is 5.65. The van der Waals surface area contributed by atoms with Gasteiger partial charge in [-0.05, 0) is 44.1 Å². The Morgan fingerprint density at radius 3 is 2.20 bits per heavy atom. The lowest BCUT2D eigenvalue weighted by Gasteiger charge is -2.21. The number of anilines is 1. The van der Waals surface area contributed by atoms with Crippen LogP contribution in [0, 0.1) is 6.92 Å². The van der Waals surface area contributed by atoms with E-state index in [1.807, 2.05) is 30.3 Å². The molecular weight excluding hydrogens is 326 g/mol. The van der Waals surface area contributed by atoms with Crippen LogP contribution < -0.4 is 5.32 Å². The molecule has 1 aliphatic heterocycles. The fourth-order valence-corrected chi connectivity index (χ4v) is 3.24. The molecule has 1 saturated heterocycles. The number of benzene rings is 2. The van der Waals surface area contributed by atoms with Gasteiger partial charge >= 0.3 is 0 Å². The van der Waals surface area contributed by atoms with Gasteiger partial charge in [0.2, 0.25) is 0 Å². The first-order valence-electron chi connectivity index (χ1n) is 8.99. The Bertz CT molecular complexity index is 715. The van der Waals surface area contributed by atoms with Crippen molar-refractivity contribution in [3.63, 3.8) is 0 Å². The molecule has 1 N–H and O–H groups in total. The van der Waals surface area contributed by atoms with E-state index in [4.69, 9.17) is 17.2 Å². The Hall–Kier alpha value is -2.20. The number of amidine groups is 1. The third kappa shape index (κ3) is 5.13. The fraction of sp³-hybridized carbons (Fsp3) is 0.333. The zero-order chi connectivity index (χ0) is 17.5. The number of thiocarbonyl (C=S) groups is 1. The molecule has 130 valence electrons. The van der Waals surface area contributed by atoms with Gasteiger partial charge in [-0.1, -0.05) is 60.9 Å². The second-order valence-electron chi connectivity index (χ2n) is 6.50. The Kier molecular flexibility index (Phi) is 6.18. The molecule has 2 aromatic rings. The van der Waals surface area contributed by atoms with Crippen molar-refractivity contribution in [1.29, 1.82) is 0 Å². The van der Waals surface area contributed by atoms with Gasteiger partial charge in [0.25, 0.3) is 0 Å². The van der Waals surface area contributed by atoms with E-state index in [2.05, 4.69) is 41.4 Å². The summed E-state index contributed by atoms with van der Waals surface area (Å²) in [5, 5.41) is 4.12. The maximum Gasteiger partial charge on any atom is 0.197 e. The number of hydrogen-bond donors (Lipinski definition) is 1. The van der Waals surface area contributed by atoms with E-state index in [1.165, 1.54) is 31.2 Å². The number of aryl methyl sites for hydroxylation is 1. The molecule has 1 heterocycles. The van der Waals surface area contributed by atoms with Crippen LogP contribution >= 0.6 is 12.2 Å². The molecule has 0 aromatic heterocycles. The lowest BCUT2D eigenvalue weighted by Crippen LogP contribution is -2.31. The van der Waals surface area contributed by atoms with E-state index in [9.17, 15) is 0 Å². The standard InChI is InChI=1S/C21H25N3S/c1-17-11-13-18(14-12-17)20(22-19-9-5-4-6-10-19)23-21(25)24-15-7-2-3-8-16-24/h4-6,9-14H,2-3,7-8,15-16H2,1H3,(H,22,23,25). The highest BCUT2D eigenvalue weighted by atomic mass is 32.1. The molecule has 0 radical (unpaired) electrons. The van der Waals surface area contributed by atoms with Crippen molar-refractivity contribution in [3.8, 4) is 0 Å². The van der Waals surface area contributed by atoms with Crippen LogP contribution in [-0.2, 0) is 0 Å². The topological polar surface area (TPSA) is 27.6 Å². The van der Waals surface area contributed by atoms with E-state index in [0.717, 1.165) is 30.2 Å². The van der Waals surface area contributed by atoms with Crippen LogP contribution in [-0.4, -0.2) is 28.9 Å². The van der Waals surface area contributed by atoms with Crippen LogP contribution in [0.1, 0.15) is 36.8 Å². The van der Waals surface area contributed by atoms with Gasteiger partial charge < -0.3 is 10.2 Å². The van der Waals surface area contributed by atoms with Gasteiger partial charge in [-0.3, -0.25) is 0 Å². The van der Waals surface area contributed by atoms with Gasteiger partial charge in [0, 0.05) is 24.3 Å². The molecule has 0 amide bonds. The third-order valence-electron chi connectivity index (χ3n) is 4.45. The minimum atomic E-state index is 0.681. The summed E-state index contributed by atoms with van der Waals surface area (Å²) in [6, 6.07) is 18.5. The highest BCUT2D eigenvalue weighted by molar-refractivity contribution is 7.80. The van der Waals surface area contributed by atoms with Gasteiger partial charge in [-0.2, -0.15) is 0 Å². The Morgan fingerprint density at radius 1 is 0.920 bits per heavy atom. The largest absolute Gasteiger partial charge is 0.347 e. The molecule has 0 bridgehead atoms. The number of rotatable bonds is 2. The summed E-state index contributed by atoms with van der Waals surface area (Å²) in [7, 11) is 0. The molecule has 0 atom stereocenters. The van der Waals surface area contributed by atoms with E-state index in [-0.39, 0.29) is 0 Å². The summed E-state index contributed by atoms with van der Waals surface area (Å²) in [6.07, 6.45) is 4.97. The van der Waals surface area contributed by atoms with Crippen molar-refractivity contribution in [1.82, 2.24) is 4.90 Å². The normalized spacial score (nSPS) is 15.6. The molecule has 0 unspecified atom stereocenters. The van der Waals surface area contributed by atoms with E-state index in [0.29, 0.717) is 5.11 Å². The first-order valence-corrected chi connectivity index (χ1v) is 9.40. The average Bonchev–Trinajstić information content (AvgIpc) is 2.92. The number of aliphatic imine (C=N–C) groups is 1. The second-order valence-corrected chi connectivity index (χ2v) is 6.87. The molecule has 0 aliphatic carbocycles. The summed E-state index contributed by atoms with van der Waals surface area (Å²) >= 11 is 5.65. The zero-order valence-corrected chi connectivity index (χ0v) is 15.6. The maximum absolute atomic E-state index is 5.65. The first-order chi connectivity index (χ1) is 12.2. The molecule has 3 nitrogen and oxygen atoms in total. The van der Waals surface area contributed by atoms with Crippen LogP contribution in [0.15, 0.2) is 59.6 Å². The van der Waals surface area contributed by atoms with E-state index in [1.54, 1.807) is 0 Å². The van der Waals surface area contributed by atoms with Gasteiger partial charge in [0.15, 0.2) is 5.11 Å². The van der Waals surface area contributed by atoms with Crippen molar-refractivity contribution < 1.29 is 0 Å². The molecule has 2 aromatic carbocycles. The average molecular weight is 352 g/mol. The zero-order valence-electron chi connectivity index (χ0n) is 14.7. The van der Waals surface area contributed by atoms with Crippen molar-refractivity contribution in [3.05, 3.63) is 65.7 Å². The molecule has 0 saturated carbocycles. The van der Waals surface area contributed by atoms with Crippen LogP contribution in [0.3, 0.4) is 0 Å². The summed E-state index contributed by atoms with van der Waals surface area (Å²) in [5.74, 6) is 0.806. The van der Waals surface area contributed by atoms with Crippen LogP contribution in [0.5, 0.6) is 0 Å². The molecule has 4 heteroatoms. The monoisotopic (exact) mass is 351 g/mol. The number of hydrogen-bond acceptors (Lipinski definition) is 1. The molecule has 0 spiro atoms. The van der Waals surface area contributed by atoms with E-state index < -0.39 is 0 Å². The summed E-state index contributed by atoms with van der Waals surface area (Å²) < 4.78 is 0. The van der Waals surface area contributed by atoms with Gasteiger partial charge in [0.05, 0.1) is 0 Å². The number of para-hydroxylation sites is 1. The predicted octanol–water partition coefficient (Wildman–Crippen LogP) is 5.01. The highest BCUT2D eigenvalue weighted by Gasteiger charge is 2.13. The summed E-state index contributed by atoms with van der Waals surface area (Å²) in [5.41, 5.74) is 3.30. The lowest BCUT2D eigenvalue weighted by molar-refractivity contribution is 0.438. The Morgan fingerprint density at radius 2 is 1.56 bits per heavy atom. The lowest BCUT2D eigenvalue weighted by atomic mass is 10.1. The predicted molar refractivity (Wildman–Crippen MR) is 110 cm³/mol. The molecule has 1 aliphatic rings. The van der Waals surface area contributed by atoms with Crippen LogP contribution in [0.2, 0.25) is 0 Å². The van der Waals surface area contributed by atoms with Gasteiger partial charge in [0.1, 0.15) is 5.84 Å². The first kappa shape index (κ1) is 17.6. The third-order valence-corrected chi connectivity index (χ3v) is 4.80. The fourth-order valence-electron chi connectivity index (χ4n) is 2.96. The summed E-state index contributed by atoms with van der Waals surface area (Å²) in [6.45, 7) is 4.11. The van der Waals surface area contributed by atoms with Crippen molar-refractivity contribution in [2.75, 3.05) is 18.4 Å². The van der Waals surface area contributed by atoms with Crippen molar-refractivity contribution >= 4 is 28.9 Å². The van der Waals surface area contributed by atoms with Crippen LogP contribution in [0.4, 0.5) is 5.69 Å². The van der Waals surface area contributed by atoms with Gasteiger partial charge in [-0.15, -0.1) is 0 Å². The Balaban J connectivity index is 1.86. The van der Waals surface area contributed by atoms with Crippen LogP contribution in [0.25, 0.3) is 0 Å². The van der Waals surface area contributed by atoms with Crippen molar-refractivity contribution in [2.45, 2.75) is 32.6 Å². The molecular formula is C21H25N3S. The van der Waals surface area contributed by atoms with Crippen molar-refractivity contribution in [2.24, 2.45) is 4.99 Å². The number of nitrogens with one attached hydrogen (secondary N) is 1. The number of likely N-dealkylation sites (tertiary alicyclic amines) is 1. The molecule has 3 rings (SSSR count). The second kappa shape index (κ2) is 8.77. The molecule has 1 fully saturated rings. The van der Waals surface area contributed by atoms with Gasteiger partial charge in [-0.25, -0.2) is 4.99 Å². The Labute approximate surface area is 155 Å². The number of nitrogens with zero attached hydrogens (tertiary/aromatic N) is 2. The quantitative estimate of drug-likeness (QED) is 0.468. The SMILES string of the molecule is Cc1ccc(C(=NC(=S)N2CCCCCC2)Nc2ccccc2)cc1. The highest BCUT2D eigenvalue weighted by Crippen LogP contribution is 2.14. The van der Waals surface area contributed by atoms with E-state index >= 15 is 0 Å². The summed E-state index contributed by atoms with van der Waals surface area (Å²) in [4.78, 5) is 7.04. The smallest absolute Gasteiger partial charge is 0.197 e. The molecule has 25 heavy (non-hydrogen) atoms. The minimum absolute atomic E-state index is 0.681.